The molecule has 0 spiro atoms. The topological polar surface area (TPSA) is 12.0 Å². The van der Waals surface area contributed by atoms with Crippen molar-refractivity contribution in [3.63, 3.8) is 0 Å². The van der Waals surface area contributed by atoms with Gasteiger partial charge in [0.1, 0.15) is 0 Å². The molecule has 1 N–H and O–H groups in total. The Morgan fingerprint density at radius 3 is 2.12 bits per heavy atom. The summed E-state index contributed by atoms with van der Waals surface area (Å²) in [5.74, 6) is 0. The second kappa shape index (κ2) is 5.68. The van der Waals surface area contributed by atoms with E-state index in [1.165, 1.54) is 23.1 Å². The molecule has 0 saturated carbocycles. The summed E-state index contributed by atoms with van der Waals surface area (Å²) in [7, 11) is 0. The van der Waals surface area contributed by atoms with Gasteiger partial charge >= 0.3 is 0 Å². The van der Waals surface area contributed by atoms with Gasteiger partial charge in [-0.05, 0) is 44.7 Å². The second-order valence-electron chi connectivity index (χ2n) is 5.92. The Labute approximate surface area is 107 Å². The van der Waals surface area contributed by atoms with Crippen LogP contribution in [-0.2, 0) is 5.41 Å². The maximum absolute atomic E-state index is 3.50. The number of rotatable bonds is 5. The first-order valence-corrected chi connectivity index (χ1v) is 6.67. The molecule has 0 amide bonds. The van der Waals surface area contributed by atoms with Gasteiger partial charge in [0, 0.05) is 6.04 Å². The van der Waals surface area contributed by atoms with E-state index in [4.69, 9.17) is 0 Å². The summed E-state index contributed by atoms with van der Waals surface area (Å²) in [6.07, 6.45) is 1.17. The van der Waals surface area contributed by atoms with Gasteiger partial charge in [-0.25, -0.2) is 0 Å². The van der Waals surface area contributed by atoms with Crippen molar-refractivity contribution in [3.05, 3.63) is 34.9 Å². The molecule has 0 aliphatic heterocycles. The normalized spacial score (nSPS) is 13.8. The lowest BCUT2D eigenvalue weighted by Gasteiger charge is -2.29. The van der Waals surface area contributed by atoms with Gasteiger partial charge in [-0.1, -0.05) is 50.1 Å². The molecule has 0 saturated heterocycles. The fourth-order valence-electron chi connectivity index (χ4n) is 2.67. The van der Waals surface area contributed by atoms with Crippen molar-refractivity contribution in [3.8, 4) is 0 Å². The third-order valence-electron chi connectivity index (χ3n) is 3.37. The van der Waals surface area contributed by atoms with Gasteiger partial charge in [0.2, 0.25) is 0 Å². The number of aryl methyl sites for hydroxylation is 2. The summed E-state index contributed by atoms with van der Waals surface area (Å²) in [4.78, 5) is 0. The van der Waals surface area contributed by atoms with Crippen LogP contribution in [0.4, 0.5) is 0 Å². The quantitative estimate of drug-likeness (QED) is 0.811. The predicted octanol–water partition coefficient (Wildman–Crippen LogP) is 3.97. The Hall–Kier alpha value is -0.820. The Balaban J connectivity index is 2.88. The molecular formula is C16H27N. The van der Waals surface area contributed by atoms with Crippen molar-refractivity contribution in [1.29, 1.82) is 0 Å². The van der Waals surface area contributed by atoms with E-state index in [2.05, 4.69) is 65.1 Å². The molecule has 96 valence electrons. The number of nitrogens with one attached hydrogen (secondary N) is 1. The molecule has 0 aromatic heterocycles. The molecule has 0 radical (unpaired) electrons. The van der Waals surface area contributed by atoms with E-state index in [1.54, 1.807) is 0 Å². The summed E-state index contributed by atoms with van der Waals surface area (Å²) in [6, 6.07) is 7.46. The molecule has 1 heteroatoms. The van der Waals surface area contributed by atoms with Crippen molar-refractivity contribution in [2.24, 2.45) is 0 Å². The molecular weight excluding hydrogens is 206 g/mol. The minimum absolute atomic E-state index is 0.234. The lowest BCUT2D eigenvalue weighted by atomic mass is 9.78. The van der Waals surface area contributed by atoms with Gasteiger partial charge in [-0.2, -0.15) is 0 Å². The summed E-state index contributed by atoms with van der Waals surface area (Å²) < 4.78 is 0. The van der Waals surface area contributed by atoms with Crippen LogP contribution in [0.1, 0.15) is 50.8 Å². The van der Waals surface area contributed by atoms with Crippen molar-refractivity contribution in [2.75, 3.05) is 6.54 Å². The predicted molar refractivity (Wildman–Crippen MR) is 76.7 cm³/mol. The SMILES string of the molecule is CCNC(C)CC(C)(C)c1cc(C)cc(C)c1. The molecule has 1 unspecified atom stereocenters. The van der Waals surface area contributed by atoms with Gasteiger partial charge in [0.15, 0.2) is 0 Å². The standard InChI is InChI=1S/C16H27N/c1-7-17-14(4)11-16(5,6)15-9-12(2)8-13(3)10-15/h8-10,14,17H,7,11H2,1-6H3. The molecule has 0 heterocycles. The molecule has 0 bridgehead atoms. The lowest BCUT2D eigenvalue weighted by Crippen LogP contribution is -2.33. The van der Waals surface area contributed by atoms with Crippen LogP contribution >= 0.6 is 0 Å². The Morgan fingerprint density at radius 2 is 1.65 bits per heavy atom. The average Bonchev–Trinajstić information content (AvgIpc) is 2.15. The van der Waals surface area contributed by atoms with Gasteiger partial charge < -0.3 is 5.32 Å². The van der Waals surface area contributed by atoms with Crippen LogP contribution in [-0.4, -0.2) is 12.6 Å². The van der Waals surface area contributed by atoms with E-state index in [9.17, 15) is 0 Å². The first-order chi connectivity index (χ1) is 7.85. The highest BCUT2D eigenvalue weighted by Crippen LogP contribution is 2.29. The van der Waals surface area contributed by atoms with Crippen molar-refractivity contribution in [2.45, 2.75) is 59.4 Å². The molecule has 1 aromatic carbocycles. The number of benzene rings is 1. The molecule has 17 heavy (non-hydrogen) atoms. The summed E-state index contributed by atoms with van der Waals surface area (Å²) >= 11 is 0. The van der Waals surface area contributed by atoms with E-state index < -0.39 is 0 Å². The second-order valence-corrected chi connectivity index (χ2v) is 5.92. The van der Waals surface area contributed by atoms with E-state index in [0.717, 1.165) is 6.54 Å². The fourth-order valence-corrected chi connectivity index (χ4v) is 2.67. The molecule has 0 aliphatic carbocycles. The van der Waals surface area contributed by atoms with Gasteiger partial charge in [-0.15, -0.1) is 0 Å². The molecule has 1 rings (SSSR count). The zero-order chi connectivity index (χ0) is 13.1. The van der Waals surface area contributed by atoms with Gasteiger partial charge in [0.25, 0.3) is 0 Å². The van der Waals surface area contributed by atoms with E-state index >= 15 is 0 Å². The van der Waals surface area contributed by atoms with Crippen LogP contribution in [0.2, 0.25) is 0 Å². The first kappa shape index (κ1) is 14.2. The molecule has 1 nitrogen and oxygen atoms in total. The van der Waals surface area contributed by atoms with E-state index in [1.807, 2.05) is 0 Å². The molecule has 0 fully saturated rings. The maximum atomic E-state index is 3.50. The van der Waals surface area contributed by atoms with Crippen molar-refractivity contribution >= 4 is 0 Å². The van der Waals surface area contributed by atoms with Crippen LogP contribution < -0.4 is 5.32 Å². The maximum Gasteiger partial charge on any atom is 0.00468 e. The summed E-state index contributed by atoms with van der Waals surface area (Å²) in [5.41, 5.74) is 4.42. The van der Waals surface area contributed by atoms with Gasteiger partial charge in [0.05, 0.1) is 0 Å². The Morgan fingerprint density at radius 1 is 1.12 bits per heavy atom. The first-order valence-electron chi connectivity index (χ1n) is 6.67. The van der Waals surface area contributed by atoms with Crippen molar-refractivity contribution in [1.82, 2.24) is 5.32 Å². The fraction of sp³-hybridized carbons (Fsp3) is 0.625. The van der Waals surface area contributed by atoms with Crippen LogP contribution in [0.15, 0.2) is 18.2 Å². The highest BCUT2D eigenvalue weighted by atomic mass is 14.9. The minimum Gasteiger partial charge on any atom is -0.315 e. The third-order valence-corrected chi connectivity index (χ3v) is 3.37. The molecule has 1 aromatic rings. The van der Waals surface area contributed by atoms with Crippen molar-refractivity contribution < 1.29 is 0 Å². The van der Waals surface area contributed by atoms with Crippen LogP contribution in [0.3, 0.4) is 0 Å². The van der Waals surface area contributed by atoms with Crippen LogP contribution in [0, 0.1) is 13.8 Å². The Kier molecular flexibility index (Phi) is 4.76. The highest BCUT2D eigenvalue weighted by Gasteiger charge is 2.23. The zero-order valence-corrected chi connectivity index (χ0v) is 12.2. The van der Waals surface area contributed by atoms with E-state index in [0.29, 0.717) is 6.04 Å². The smallest absolute Gasteiger partial charge is 0.00468 e. The third kappa shape index (κ3) is 4.16. The molecule has 0 aliphatic rings. The van der Waals surface area contributed by atoms with Crippen LogP contribution in [0.5, 0.6) is 0 Å². The largest absolute Gasteiger partial charge is 0.315 e. The highest BCUT2D eigenvalue weighted by molar-refractivity contribution is 5.33. The van der Waals surface area contributed by atoms with E-state index in [-0.39, 0.29) is 5.41 Å². The summed E-state index contributed by atoms with van der Waals surface area (Å²) in [6.45, 7) is 14.5. The minimum atomic E-state index is 0.234. The average molecular weight is 233 g/mol. The zero-order valence-electron chi connectivity index (χ0n) is 12.2. The Bertz CT molecular complexity index is 346. The monoisotopic (exact) mass is 233 g/mol. The van der Waals surface area contributed by atoms with Gasteiger partial charge in [-0.3, -0.25) is 0 Å². The number of hydrogen-bond donors (Lipinski definition) is 1. The van der Waals surface area contributed by atoms with Crippen LogP contribution in [0.25, 0.3) is 0 Å². The molecule has 1 atom stereocenters. The summed E-state index contributed by atoms with van der Waals surface area (Å²) in [5, 5.41) is 3.50. The lowest BCUT2D eigenvalue weighted by molar-refractivity contribution is 0.394. The number of hydrogen-bond acceptors (Lipinski definition) is 1.